The molecule has 0 radical (unpaired) electrons. The molecule has 1 rings (SSSR count). The lowest BCUT2D eigenvalue weighted by atomic mass is 10.2. The van der Waals surface area contributed by atoms with E-state index < -0.39 is 0 Å². The van der Waals surface area contributed by atoms with E-state index in [1.807, 2.05) is 0 Å². The summed E-state index contributed by atoms with van der Waals surface area (Å²) in [6.07, 6.45) is 0. The average molecular weight is 184 g/mol. The van der Waals surface area contributed by atoms with E-state index in [1.54, 1.807) is 11.3 Å². The lowest BCUT2D eigenvalue weighted by molar-refractivity contribution is 0.592. The quantitative estimate of drug-likeness (QED) is 0.773. The van der Waals surface area contributed by atoms with Gasteiger partial charge in [-0.1, -0.05) is 6.92 Å². The number of hydrogen-bond acceptors (Lipinski definition) is 3. The van der Waals surface area contributed by atoms with Crippen LogP contribution in [0.2, 0.25) is 0 Å². The third-order valence-electron chi connectivity index (χ3n) is 1.87. The van der Waals surface area contributed by atoms with Gasteiger partial charge in [0.25, 0.3) is 0 Å². The Morgan fingerprint density at radius 2 is 2.42 bits per heavy atom. The summed E-state index contributed by atoms with van der Waals surface area (Å²) < 4.78 is 0. The molecule has 0 aliphatic carbocycles. The van der Waals surface area contributed by atoms with Gasteiger partial charge in [-0.15, -0.1) is 11.3 Å². The van der Waals surface area contributed by atoms with Gasteiger partial charge in [-0.3, -0.25) is 0 Å². The van der Waals surface area contributed by atoms with Gasteiger partial charge in [-0.2, -0.15) is 0 Å². The van der Waals surface area contributed by atoms with E-state index in [9.17, 15) is 0 Å². The Hall–Kier alpha value is -0.540. The minimum atomic E-state index is 0.567. The van der Waals surface area contributed by atoms with Gasteiger partial charge in [0.2, 0.25) is 0 Å². The first-order chi connectivity index (χ1) is 5.74. The fourth-order valence-electron chi connectivity index (χ4n) is 1.12. The van der Waals surface area contributed by atoms with E-state index in [0.717, 1.165) is 13.1 Å². The molecule has 0 fully saturated rings. The zero-order chi connectivity index (χ0) is 8.97. The Balaban J connectivity index is 2.44. The van der Waals surface area contributed by atoms with Gasteiger partial charge >= 0.3 is 0 Å². The Labute approximate surface area is 78.0 Å². The van der Waals surface area contributed by atoms with Crippen molar-refractivity contribution in [3.05, 3.63) is 17.5 Å². The average Bonchev–Trinajstić information content (AvgIpc) is 2.56. The van der Waals surface area contributed by atoms with Crippen LogP contribution in [0.1, 0.15) is 6.92 Å². The summed E-state index contributed by atoms with van der Waals surface area (Å²) in [5.74, 6) is 0.567. The number of hydrogen-bond donors (Lipinski definition) is 1. The van der Waals surface area contributed by atoms with Crippen LogP contribution in [0.15, 0.2) is 17.5 Å². The summed E-state index contributed by atoms with van der Waals surface area (Å²) in [5.41, 5.74) is 5.55. The molecule has 0 amide bonds. The van der Waals surface area contributed by atoms with Crippen LogP contribution in [0.4, 0.5) is 5.00 Å². The molecule has 3 heteroatoms. The second-order valence-electron chi connectivity index (χ2n) is 3.17. The lowest BCUT2D eigenvalue weighted by Gasteiger charge is -2.20. The largest absolute Gasteiger partial charge is 0.366 e. The van der Waals surface area contributed by atoms with E-state index in [4.69, 9.17) is 5.73 Å². The van der Waals surface area contributed by atoms with Crippen molar-refractivity contribution >= 4 is 16.3 Å². The van der Waals surface area contributed by atoms with Crippen molar-refractivity contribution in [2.24, 2.45) is 11.7 Å². The minimum absolute atomic E-state index is 0.567. The van der Waals surface area contributed by atoms with Gasteiger partial charge in [0, 0.05) is 13.6 Å². The second-order valence-corrected chi connectivity index (χ2v) is 4.10. The van der Waals surface area contributed by atoms with Crippen LogP contribution < -0.4 is 10.6 Å². The fourth-order valence-corrected chi connectivity index (χ4v) is 1.83. The SMILES string of the molecule is CC(CN)CN(C)c1cccs1. The van der Waals surface area contributed by atoms with Crippen LogP contribution in [0.25, 0.3) is 0 Å². The summed E-state index contributed by atoms with van der Waals surface area (Å²) in [5, 5.41) is 3.41. The minimum Gasteiger partial charge on any atom is -0.366 e. The normalized spacial score (nSPS) is 12.9. The van der Waals surface area contributed by atoms with Crippen molar-refractivity contribution in [1.29, 1.82) is 0 Å². The Bertz CT molecular complexity index is 208. The van der Waals surface area contributed by atoms with Crippen molar-refractivity contribution in [1.82, 2.24) is 0 Å². The first kappa shape index (κ1) is 9.55. The molecular formula is C9H16N2S. The van der Waals surface area contributed by atoms with Gasteiger partial charge in [0.15, 0.2) is 0 Å². The molecule has 2 N–H and O–H groups in total. The van der Waals surface area contributed by atoms with E-state index in [1.165, 1.54) is 5.00 Å². The van der Waals surface area contributed by atoms with Crippen LogP contribution in [-0.2, 0) is 0 Å². The predicted molar refractivity (Wildman–Crippen MR) is 55.8 cm³/mol. The molecule has 1 heterocycles. The molecule has 0 saturated carbocycles. The summed E-state index contributed by atoms with van der Waals surface area (Å²) in [6.45, 7) is 3.97. The van der Waals surface area contributed by atoms with Crippen LogP contribution in [0.5, 0.6) is 0 Å². The van der Waals surface area contributed by atoms with E-state index in [2.05, 4.69) is 36.4 Å². The highest BCUT2D eigenvalue weighted by atomic mass is 32.1. The van der Waals surface area contributed by atoms with Crippen LogP contribution >= 0.6 is 11.3 Å². The van der Waals surface area contributed by atoms with E-state index in [-0.39, 0.29) is 0 Å². The first-order valence-electron chi connectivity index (χ1n) is 4.18. The molecule has 1 aromatic heterocycles. The van der Waals surface area contributed by atoms with Gasteiger partial charge < -0.3 is 10.6 Å². The van der Waals surface area contributed by atoms with E-state index in [0.29, 0.717) is 5.92 Å². The smallest absolute Gasteiger partial charge is 0.0905 e. The topological polar surface area (TPSA) is 29.3 Å². The van der Waals surface area contributed by atoms with Crippen molar-refractivity contribution in [3.8, 4) is 0 Å². The number of nitrogens with two attached hydrogens (primary N) is 1. The maximum atomic E-state index is 5.55. The summed E-state index contributed by atoms with van der Waals surface area (Å²) >= 11 is 1.77. The molecule has 12 heavy (non-hydrogen) atoms. The summed E-state index contributed by atoms with van der Waals surface area (Å²) in [7, 11) is 2.11. The predicted octanol–water partition coefficient (Wildman–Crippen LogP) is 1.78. The van der Waals surface area contributed by atoms with E-state index >= 15 is 0 Å². The molecule has 0 bridgehead atoms. The highest BCUT2D eigenvalue weighted by Gasteiger charge is 2.05. The lowest BCUT2D eigenvalue weighted by Crippen LogP contribution is -2.27. The van der Waals surface area contributed by atoms with Crippen molar-refractivity contribution < 1.29 is 0 Å². The molecule has 0 saturated heterocycles. The number of nitrogens with zero attached hydrogens (tertiary/aromatic N) is 1. The third kappa shape index (κ3) is 2.50. The molecule has 1 atom stereocenters. The molecule has 0 aromatic carbocycles. The molecule has 0 aliphatic heterocycles. The Morgan fingerprint density at radius 1 is 1.67 bits per heavy atom. The molecule has 0 aliphatic rings. The number of rotatable bonds is 4. The molecular weight excluding hydrogens is 168 g/mol. The fraction of sp³-hybridized carbons (Fsp3) is 0.556. The highest BCUT2D eigenvalue weighted by Crippen LogP contribution is 2.20. The zero-order valence-electron chi connectivity index (χ0n) is 7.66. The second kappa shape index (κ2) is 4.48. The van der Waals surface area contributed by atoms with Crippen LogP contribution in [0.3, 0.4) is 0 Å². The maximum absolute atomic E-state index is 5.55. The summed E-state index contributed by atoms with van der Waals surface area (Å²) in [4.78, 5) is 2.25. The van der Waals surface area contributed by atoms with Crippen molar-refractivity contribution in [3.63, 3.8) is 0 Å². The van der Waals surface area contributed by atoms with Gasteiger partial charge in [-0.05, 0) is 30.0 Å². The highest BCUT2D eigenvalue weighted by molar-refractivity contribution is 7.14. The first-order valence-corrected chi connectivity index (χ1v) is 5.06. The molecule has 0 spiro atoms. The third-order valence-corrected chi connectivity index (χ3v) is 2.85. The standard InChI is InChI=1S/C9H16N2S/c1-8(6-10)7-11(2)9-4-3-5-12-9/h3-5,8H,6-7,10H2,1-2H3. The molecule has 2 nitrogen and oxygen atoms in total. The van der Waals surface area contributed by atoms with Crippen molar-refractivity contribution in [2.45, 2.75) is 6.92 Å². The number of anilines is 1. The van der Waals surface area contributed by atoms with Crippen LogP contribution in [0, 0.1) is 5.92 Å². The molecule has 68 valence electrons. The van der Waals surface area contributed by atoms with Gasteiger partial charge in [0.1, 0.15) is 0 Å². The monoisotopic (exact) mass is 184 g/mol. The van der Waals surface area contributed by atoms with Crippen LogP contribution in [-0.4, -0.2) is 20.1 Å². The Kier molecular flexibility index (Phi) is 3.56. The molecule has 1 aromatic rings. The Morgan fingerprint density at radius 3 is 2.92 bits per heavy atom. The van der Waals surface area contributed by atoms with Gasteiger partial charge in [-0.25, -0.2) is 0 Å². The zero-order valence-corrected chi connectivity index (χ0v) is 8.47. The number of thiophene rings is 1. The van der Waals surface area contributed by atoms with Gasteiger partial charge in [0.05, 0.1) is 5.00 Å². The summed E-state index contributed by atoms with van der Waals surface area (Å²) in [6, 6.07) is 4.21. The molecule has 1 unspecified atom stereocenters. The maximum Gasteiger partial charge on any atom is 0.0905 e. The van der Waals surface area contributed by atoms with Crippen molar-refractivity contribution in [2.75, 3.05) is 25.0 Å².